The first-order valence-electron chi connectivity index (χ1n) is 6.84. The molecule has 2 aromatic carbocycles. The van der Waals surface area contributed by atoms with Gasteiger partial charge in [0.25, 0.3) is 10.0 Å². The van der Waals surface area contributed by atoms with Crippen molar-refractivity contribution in [2.75, 3.05) is 18.9 Å². The monoisotopic (exact) mass is 369 g/mol. The predicted octanol–water partition coefficient (Wildman–Crippen LogP) is 3.24. The summed E-state index contributed by atoms with van der Waals surface area (Å²) in [5.41, 5.74) is 0.794. The molecule has 0 aliphatic heterocycles. The van der Waals surface area contributed by atoms with E-state index < -0.39 is 16.0 Å². The van der Waals surface area contributed by atoms with Gasteiger partial charge in [0.15, 0.2) is 0 Å². The van der Waals surface area contributed by atoms with E-state index in [2.05, 4.69) is 9.46 Å². The SMILES string of the molecule is COC(=O)c1ccc(Cl)c(NS(=O)(=O)c2ccc(OC)cc2C)c1. The molecule has 0 amide bonds. The maximum absolute atomic E-state index is 12.6. The molecule has 0 spiro atoms. The van der Waals surface area contributed by atoms with Crippen LogP contribution in [0.4, 0.5) is 5.69 Å². The number of hydrogen-bond acceptors (Lipinski definition) is 5. The summed E-state index contributed by atoms with van der Waals surface area (Å²) in [6, 6.07) is 8.80. The zero-order valence-corrected chi connectivity index (χ0v) is 14.9. The van der Waals surface area contributed by atoms with Crippen LogP contribution in [0.25, 0.3) is 0 Å². The summed E-state index contributed by atoms with van der Waals surface area (Å²) in [5.74, 6) is -0.0371. The molecule has 0 unspecified atom stereocenters. The highest BCUT2D eigenvalue weighted by Gasteiger charge is 2.19. The van der Waals surface area contributed by atoms with Crippen LogP contribution in [0.1, 0.15) is 15.9 Å². The van der Waals surface area contributed by atoms with E-state index in [-0.39, 0.29) is 21.2 Å². The Morgan fingerprint density at radius 1 is 1.12 bits per heavy atom. The fraction of sp³-hybridized carbons (Fsp3) is 0.188. The maximum atomic E-state index is 12.6. The maximum Gasteiger partial charge on any atom is 0.337 e. The molecule has 0 aliphatic carbocycles. The van der Waals surface area contributed by atoms with Crippen LogP contribution in [0.3, 0.4) is 0 Å². The van der Waals surface area contributed by atoms with Crippen LogP contribution in [0.2, 0.25) is 5.02 Å². The number of ether oxygens (including phenoxy) is 2. The van der Waals surface area contributed by atoms with Crippen molar-refractivity contribution in [3.63, 3.8) is 0 Å². The van der Waals surface area contributed by atoms with E-state index in [1.54, 1.807) is 19.1 Å². The standard InChI is InChI=1S/C16H16ClNO5S/c1-10-8-12(22-2)5-7-15(10)24(20,21)18-14-9-11(16(19)23-3)4-6-13(14)17/h4-9,18H,1-3H3. The average molecular weight is 370 g/mol. The molecule has 0 aromatic heterocycles. The molecule has 2 rings (SSSR count). The van der Waals surface area contributed by atoms with Crippen LogP contribution < -0.4 is 9.46 Å². The normalized spacial score (nSPS) is 11.0. The van der Waals surface area contributed by atoms with E-state index in [9.17, 15) is 13.2 Å². The van der Waals surface area contributed by atoms with Gasteiger partial charge in [-0.25, -0.2) is 13.2 Å². The van der Waals surface area contributed by atoms with E-state index >= 15 is 0 Å². The lowest BCUT2D eigenvalue weighted by molar-refractivity contribution is 0.0601. The lowest BCUT2D eigenvalue weighted by Crippen LogP contribution is -2.15. The summed E-state index contributed by atoms with van der Waals surface area (Å²) in [4.78, 5) is 11.7. The van der Waals surface area contributed by atoms with Gasteiger partial charge >= 0.3 is 5.97 Å². The fourth-order valence-corrected chi connectivity index (χ4v) is 3.62. The van der Waals surface area contributed by atoms with Gasteiger partial charge in [0.2, 0.25) is 0 Å². The van der Waals surface area contributed by atoms with Gasteiger partial charge in [0.05, 0.1) is 35.4 Å². The Labute approximate surface area is 145 Å². The average Bonchev–Trinajstić information content (AvgIpc) is 2.55. The quantitative estimate of drug-likeness (QED) is 0.818. The number of methoxy groups -OCH3 is 2. The van der Waals surface area contributed by atoms with E-state index in [0.717, 1.165) is 0 Å². The highest BCUT2D eigenvalue weighted by Crippen LogP contribution is 2.28. The molecule has 0 bridgehead atoms. The van der Waals surface area contributed by atoms with E-state index in [4.69, 9.17) is 16.3 Å². The van der Waals surface area contributed by atoms with Gasteiger partial charge in [0, 0.05) is 0 Å². The van der Waals surface area contributed by atoms with Crippen molar-refractivity contribution in [3.05, 3.63) is 52.5 Å². The molecule has 0 heterocycles. The molecule has 128 valence electrons. The van der Waals surface area contributed by atoms with Gasteiger partial charge in [0.1, 0.15) is 5.75 Å². The molecular weight excluding hydrogens is 354 g/mol. The number of carbonyl (C=O) groups excluding carboxylic acids is 1. The minimum atomic E-state index is -3.88. The Bertz CT molecular complexity index is 880. The molecule has 1 N–H and O–H groups in total. The predicted molar refractivity (Wildman–Crippen MR) is 91.3 cm³/mol. The van der Waals surface area contributed by atoms with Gasteiger partial charge < -0.3 is 9.47 Å². The smallest absolute Gasteiger partial charge is 0.337 e. The summed E-state index contributed by atoms with van der Waals surface area (Å²) in [7, 11) is -1.15. The van der Waals surface area contributed by atoms with E-state index in [1.807, 2.05) is 0 Å². The van der Waals surface area contributed by atoms with E-state index in [1.165, 1.54) is 38.5 Å². The summed E-state index contributed by atoms with van der Waals surface area (Å²) in [6.07, 6.45) is 0. The molecule has 8 heteroatoms. The lowest BCUT2D eigenvalue weighted by Gasteiger charge is -2.13. The van der Waals surface area contributed by atoms with Crippen molar-refractivity contribution >= 4 is 33.3 Å². The van der Waals surface area contributed by atoms with Gasteiger partial charge in [-0.15, -0.1) is 0 Å². The van der Waals surface area contributed by atoms with Crippen molar-refractivity contribution in [1.82, 2.24) is 0 Å². The zero-order chi connectivity index (χ0) is 17.9. The van der Waals surface area contributed by atoms with Crippen molar-refractivity contribution in [2.24, 2.45) is 0 Å². The summed E-state index contributed by atoms with van der Waals surface area (Å²) >= 11 is 6.03. The molecule has 0 saturated heterocycles. The Kier molecular flexibility index (Phi) is 5.36. The van der Waals surface area contributed by atoms with E-state index in [0.29, 0.717) is 11.3 Å². The molecule has 2 aromatic rings. The van der Waals surface area contributed by atoms with Crippen LogP contribution in [0.15, 0.2) is 41.3 Å². The highest BCUT2D eigenvalue weighted by atomic mass is 35.5. The number of nitrogens with one attached hydrogen (secondary N) is 1. The Hall–Kier alpha value is -2.25. The molecule has 24 heavy (non-hydrogen) atoms. The summed E-state index contributed by atoms with van der Waals surface area (Å²) in [5, 5.41) is 0.164. The van der Waals surface area contributed by atoms with Gasteiger partial charge in [-0.3, -0.25) is 4.72 Å². The number of esters is 1. The number of benzene rings is 2. The van der Waals surface area contributed by atoms with Crippen molar-refractivity contribution in [2.45, 2.75) is 11.8 Å². The second-order valence-corrected chi connectivity index (χ2v) is 6.98. The summed E-state index contributed by atoms with van der Waals surface area (Å²) < 4.78 is 37.3. The zero-order valence-electron chi connectivity index (χ0n) is 13.3. The van der Waals surface area contributed by atoms with Crippen LogP contribution in [0.5, 0.6) is 5.75 Å². The first-order valence-corrected chi connectivity index (χ1v) is 8.70. The fourth-order valence-electron chi connectivity index (χ4n) is 2.10. The number of anilines is 1. The number of halogens is 1. The van der Waals surface area contributed by atoms with Crippen molar-refractivity contribution in [1.29, 1.82) is 0 Å². The Balaban J connectivity index is 2.41. The minimum absolute atomic E-state index is 0.0860. The van der Waals surface area contributed by atoms with Gasteiger partial charge in [-0.1, -0.05) is 11.6 Å². The van der Waals surface area contributed by atoms with Crippen molar-refractivity contribution < 1.29 is 22.7 Å². The van der Waals surface area contributed by atoms with Crippen LogP contribution in [-0.4, -0.2) is 28.6 Å². The molecule has 0 radical (unpaired) electrons. The third-order valence-electron chi connectivity index (χ3n) is 3.30. The molecule has 0 fully saturated rings. The van der Waals surface area contributed by atoms with Crippen molar-refractivity contribution in [3.8, 4) is 5.75 Å². The molecule has 6 nitrogen and oxygen atoms in total. The molecule has 0 saturated carbocycles. The molecular formula is C16H16ClNO5S. The van der Waals surface area contributed by atoms with Crippen LogP contribution in [-0.2, 0) is 14.8 Å². The molecule has 0 aliphatic rings. The Morgan fingerprint density at radius 3 is 2.42 bits per heavy atom. The largest absolute Gasteiger partial charge is 0.497 e. The Morgan fingerprint density at radius 2 is 1.83 bits per heavy atom. The number of rotatable bonds is 5. The summed E-state index contributed by atoms with van der Waals surface area (Å²) in [6.45, 7) is 1.66. The third kappa shape index (κ3) is 3.80. The second kappa shape index (κ2) is 7.11. The number of sulfonamides is 1. The van der Waals surface area contributed by atoms with Gasteiger partial charge in [-0.05, 0) is 48.9 Å². The highest BCUT2D eigenvalue weighted by molar-refractivity contribution is 7.92. The minimum Gasteiger partial charge on any atom is -0.497 e. The van der Waals surface area contributed by atoms with Gasteiger partial charge in [-0.2, -0.15) is 0 Å². The number of aryl methyl sites for hydroxylation is 1. The topological polar surface area (TPSA) is 81.7 Å². The number of carbonyl (C=O) groups is 1. The van der Waals surface area contributed by atoms with Crippen LogP contribution >= 0.6 is 11.6 Å². The molecule has 0 atom stereocenters. The number of hydrogen-bond donors (Lipinski definition) is 1. The van der Waals surface area contributed by atoms with Crippen LogP contribution in [0, 0.1) is 6.92 Å². The second-order valence-electron chi connectivity index (χ2n) is 4.92. The lowest BCUT2D eigenvalue weighted by atomic mass is 10.2. The first kappa shape index (κ1) is 18.1. The first-order chi connectivity index (χ1) is 11.3. The third-order valence-corrected chi connectivity index (χ3v) is 5.16.